The minimum atomic E-state index is -0.0654. The topological polar surface area (TPSA) is 63.5 Å². The van der Waals surface area contributed by atoms with E-state index in [4.69, 9.17) is 9.15 Å². The van der Waals surface area contributed by atoms with Crippen molar-refractivity contribution in [3.05, 3.63) is 63.9 Å². The van der Waals surface area contributed by atoms with Gasteiger partial charge in [0, 0.05) is 10.6 Å². The van der Waals surface area contributed by atoms with E-state index in [1.165, 1.54) is 10.4 Å². The van der Waals surface area contributed by atoms with E-state index in [-0.39, 0.29) is 5.91 Å². The maximum absolute atomic E-state index is 13.3. The van der Waals surface area contributed by atoms with Crippen LogP contribution in [0, 0.1) is 12.8 Å². The van der Waals surface area contributed by atoms with Gasteiger partial charge < -0.3 is 19.8 Å². The molecule has 2 N–H and O–H groups in total. The highest BCUT2D eigenvalue weighted by Gasteiger charge is 2.27. The molecule has 0 unspecified atom stereocenters. The summed E-state index contributed by atoms with van der Waals surface area (Å²) in [5, 5.41) is 7.44. The number of furan rings is 1. The largest absolute Gasteiger partial charge is 0.494 e. The van der Waals surface area contributed by atoms with Crippen molar-refractivity contribution in [1.29, 1.82) is 0 Å². The SMILES string of the molecule is CCOc1ccc(NC(=O)c2c(NCc3ccc(C)o3)sc3c2CC[C@@H](C)C3)cc1. The molecule has 158 valence electrons. The van der Waals surface area contributed by atoms with Crippen molar-refractivity contribution in [3.63, 3.8) is 0 Å². The average molecular weight is 425 g/mol. The van der Waals surface area contributed by atoms with E-state index in [1.807, 2.05) is 50.2 Å². The molecular formula is C24H28N2O3S. The lowest BCUT2D eigenvalue weighted by Gasteiger charge is -2.18. The summed E-state index contributed by atoms with van der Waals surface area (Å²) in [6.07, 6.45) is 3.09. The molecule has 0 saturated heterocycles. The van der Waals surface area contributed by atoms with Gasteiger partial charge in [0.1, 0.15) is 22.3 Å². The monoisotopic (exact) mass is 424 g/mol. The van der Waals surface area contributed by atoms with Crippen LogP contribution >= 0.6 is 11.3 Å². The summed E-state index contributed by atoms with van der Waals surface area (Å²) in [5.41, 5.74) is 2.74. The minimum Gasteiger partial charge on any atom is -0.494 e. The zero-order chi connectivity index (χ0) is 21.1. The molecule has 30 heavy (non-hydrogen) atoms. The van der Waals surface area contributed by atoms with Crippen molar-refractivity contribution in [2.24, 2.45) is 5.92 Å². The summed E-state index contributed by atoms with van der Waals surface area (Å²) in [6.45, 7) is 7.35. The van der Waals surface area contributed by atoms with Crippen LogP contribution in [0.3, 0.4) is 0 Å². The molecule has 0 spiro atoms. The van der Waals surface area contributed by atoms with Crippen molar-refractivity contribution in [2.75, 3.05) is 17.2 Å². The number of hydrogen-bond donors (Lipinski definition) is 2. The fourth-order valence-corrected chi connectivity index (χ4v) is 5.26. The van der Waals surface area contributed by atoms with E-state index < -0.39 is 0 Å². The Morgan fingerprint density at radius 3 is 2.73 bits per heavy atom. The number of ether oxygens (including phenoxy) is 1. The Morgan fingerprint density at radius 2 is 2.03 bits per heavy atom. The Bertz CT molecular complexity index is 1020. The molecule has 5 nitrogen and oxygen atoms in total. The minimum absolute atomic E-state index is 0.0654. The molecule has 1 aliphatic carbocycles. The number of thiophene rings is 1. The smallest absolute Gasteiger partial charge is 0.258 e. The van der Waals surface area contributed by atoms with E-state index in [0.717, 1.165) is 52.8 Å². The number of anilines is 2. The van der Waals surface area contributed by atoms with Crippen LogP contribution in [-0.4, -0.2) is 12.5 Å². The van der Waals surface area contributed by atoms with Crippen LogP contribution in [0.4, 0.5) is 10.7 Å². The molecular weight excluding hydrogens is 396 g/mol. The molecule has 4 rings (SSSR count). The summed E-state index contributed by atoms with van der Waals surface area (Å²) in [6, 6.07) is 11.4. The Kier molecular flexibility index (Phi) is 6.13. The highest BCUT2D eigenvalue weighted by molar-refractivity contribution is 7.16. The number of benzene rings is 1. The van der Waals surface area contributed by atoms with E-state index in [1.54, 1.807) is 11.3 Å². The highest BCUT2D eigenvalue weighted by Crippen LogP contribution is 2.40. The molecule has 2 aromatic heterocycles. The van der Waals surface area contributed by atoms with Crippen LogP contribution in [0.15, 0.2) is 40.8 Å². The van der Waals surface area contributed by atoms with Crippen LogP contribution < -0.4 is 15.4 Å². The van der Waals surface area contributed by atoms with Crippen LogP contribution in [0.25, 0.3) is 0 Å². The van der Waals surface area contributed by atoms with Gasteiger partial charge in [-0.25, -0.2) is 0 Å². The predicted octanol–water partition coefficient (Wildman–Crippen LogP) is 6.04. The zero-order valence-corrected chi connectivity index (χ0v) is 18.5. The van der Waals surface area contributed by atoms with Crippen molar-refractivity contribution in [3.8, 4) is 5.75 Å². The third-order valence-corrected chi connectivity index (χ3v) is 6.59. The van der Waals surface area contributed by atoms with E-state index in [0.29, 0.717) is 19.1 Å². The van der Waals surface area contributed by atoms with Crippen LogP contribution in [0.5, 0.6) is 5.75 Å². The standard InChI is InChI=1S/C24H28N2O3S/c1-4-28-18-10-7-17(8-11-18)26-23(27)22-20-12-5-15(2)13-21(20)30-24(22)25-14-19-9-6-16(3)29-19/h6-11,15,25H,4-5,12-14H2,1-3H3,(H,26,27)/t15-/m1/s1. The fraction of sp³-hybridized carbons (Fsp3) is 0.375. The number of aryl methyl sites for hydroxylation is 1. The maximum Gasteiger partial charge on any atom is 0.258 e. The average Bonchev–Trinajstić information content (AvgIpc) is 3.30. The van der Waals surface area contributed by atoms with Gasteiger partial charge >= 0.3 is 0 Å². The van der Waals surface area contributed by atoms with Gasteiger partial charge in [0.25, 0.3) is 5.91 Å². The number of fused-ring (bicyclic) bond motifs is 1. The summed E-state index contributed by atoms with van der Waals surface area (Å²) < 4.78 is 11.2. The number of amides is 1. The second-order valence-corrected chi connectivity index (χ2v) is 8.94. The summed E-state index contributed by atoms with van der Waals surface area (Å²) in [5.74, 6) is 3.14. The summed E-state index contributed by atoms with van der Waals surface area (Å²) >= 11 is 1.71. The third kappa shape index (κ3) is 4.54. The van der Waals surface area contributed by atoms with Crippen molar-refractivity contribution >= 4 is 27.9 Å². The molecule has 0 aliphatic heterocycles. The van der Waals surface area contributed by atoms with Gasteiger partial charge in [-0.3, -0.25) is 4.79 Å². The molecule has 1 aromatic carbocycles. The molecule has 0 fully saturated rings. The number of rotatable bonds is 7. The summed E-state index contributed by atoms with van der Waals surface area (Å²) in [4.78, 5) is 14.6. The van der Waals surface area contributed by atoms with Crippen LogP contribution in [-0.2, 0) is 19.4 Å². The molecule has 0 radical (unpaired) electrons. The predicted molar refractivity (Wildman–Crippen MR) is 122 cm³/mol. The van der Waals surface area contributed by atoms with Crippen molar-refractivity contribution in [2.45, 2.75) is 46.6 Å². The van der Waals surface area contributed by atoms with Gasteiger partial charge in [0.15, 0.2) is 0 Å². The van der Waals surface area contributed by atoms with Gasteiger partial charge in [0.05, 0.1) is 18.7 Å². The molecule has 2 heterocycles. The van der Waals surface area contributed by atoms with Gasteiger partial charge in [-0.05, 0) is 81.0 Å². The third-order valence-electron chi connectivity index (χ3n) is 5.38. The first kappa shape index (κ1) is 20.5. The summed E-state index contributed by atoms with van der Waals surface area (Å²) in [7, 11) is 0. The second kappa shape index (κ2) is 8.96. The Labute approximate surface area is 181 Å². The number of carbonyl (C=O) groups excluding carboxylic acids is 1. The second-order valence-electron chi connectivity index (χ2n) is 7.83. The van der Waals surface area contributed by atoms with Crippen molar-refractivity contribution < 1.29 is 13.9 Å². The quantitative estimate of drug-likeness (QED) is 0.485. The lowest BCUT2D eigenvalue weighted by atomic mass is 9.88. The van der Waals surface area contributed by atoms with Gasteiger partial charge in [-0.1, -0.05) is 6.92 Å². The Hall–Kier alpha value is -2.73. The number of carbonyl (C=O) groups is 1. The molecule has 6 heteroatoms. The normalized spacial score (nSPS) is 15.5. The number of nitrogens with one attached hydrogen (secondary N) is 2. The molecule has 0 bridgehead atoms. The zero-order valence-electron chi connectivity index (χ0n) is 17.7. The molecule has 1 amide bonds. The Morgan fingerprint density at radius 1 is 1.23 bits per heavy atom. The molecule has 3 aromatic rings. The molecule has 1 aliphatic rings. The fourth-order valence-electron chi connectivity index (χ4n) is 3.86. The first-order valence-corrected chi connectivity index (χ1v) is 11.3. The van der Waals surface area contributed by atoms with Crippen LogP contribution in [0.2, 0.25) is 0 Å². The molecule has 1 atom stereocenters. The van der Waals surface area contributed by atoms with E-state index in [9.17, 15) is 4.79 Å². The first-order valence-electron chi connectivity index (χ1n) is 10.5. The highest BCUT2D eigenvalue weighted by atomic mass is 32.1. The van der Waals surface area contributed by atoms with Gasteiger partial charge in [0.2, 0.25) is 0 Å². The van der Waals surface area contributed by atoms with Gasteiger partial charge in [-0.15, -0.1) is 11.3 Å². The van der Waals surface area contributed by atoms with Crippen LogP contribution in [0.1, 0.15) is 52.6 Å². The number of hydrogen-bond acceptors (Lipinski definition) is 5. The van der Waals surface area contributed by atoms with Gasteiger partial charge in [-0.2, -0.15) is 0 Å². The van der Waals surface area contributed by atoms with E-state index >= 15 is 0 Å². The van der Waals surface area contributed by atoms with Crippen molar-refractivity contribution in [1.82, 2.24) is 0 Å². The Balaban J connectivity index is 1.57. The lowest BCUT2D eigenvalue weighted by molar-refractivity contribution is 0.102. The molecule has 0 saturated carbocycles. The lowest BCUT2D eigenvalue weighted by Crippen LogP contribution is -2.17. The van der Waals surface area contributed by atoms with E-state index in [2.05, 4.69) is 17.6 Å². The maximum atomic E-state index is 13.3. The first-order chi connectivity index (χ1) is 14.5.